The minimum Gasteiger partial charge on any atom is -0.456 e. The molecular formula is C22H30O7. The van der Waals surface area contributed by atoms with Gasteiger partial charge in [-0.1, -0.05) is 37.3 Å². The SMILES string of the molecule is C[C@H](CC(=O)O[C@@H]1[C@H]2OC(C)(C)O[C@H]2O[C@@H]1C1COC(C)(C)O1)c1ccccc1. The molecule has 1 aromatic carbocycles. The maximum atomic E-state index is 12.8. The summed E-state index contributed by atoms with van der Waals surface area (Å²) < 4.78 is 35.5. The summed E-state index contributed by atoms with van der Waals surface area (Å²) in [4.78, 5) is 12.8. The molecule has 0 saturated carbocycles. The van der Waals surface area contributed by atoms with Crippen LogP contribution in [0.1, 0.15) is 52.5 Å². The fourth-order valence-electron chi connectivity index (χ4n) is 4.16. The molecule has 1 aromatic rings. The van der Waals surface area contributed by atoms with Crippen LogP contribution in [0.5, 0.6) is 0 Å². The monoisotopic (exact) mass is 406 g/mol. The normalized spacial score (nSPS) is 36.0. The van der Waals surface area contributed by atoms with Crippen molar-refractivity contribution in [2.24, 2.45) is 0 Å². The number of benzene rings is 1. The molecule has 3 fully saturated rings. The van der Waals surface area contributed by atoms with Crippen LogP contribution < -0.4 is 0 Å². The number of fused-ring (bicyclic) bond motifs is 1. The zero-order valence-corrected chi connectivity index (χ0v) is 17.6. The van der Waals surface area contributed by atoms with E-state index in [0.717, 1.165) is 5.56 Å². The van der Waals surface area contributed by atoms with Crippen LogP contribution in [0.4, 0.5) is 0 Å². The van der Waals surface area contributed by atoms with Crippen LogP contribution in [-0.2, 0) is 33.2 Å². The molecule has 7 nitrogen and oxygen atoms in total. The second-order valence-electron chi connectivity index (χ2n) is 8.91. The van der Waals surface area contributed by atoms with Crippen molar-refractivity contribution in [3.63, 3.8) is 0 Å². The first kappa shape index (κ1) is 20.8. The molecule has 3 heterocycles. The van der Waals surface area contributed by atoms with E-state index in [1.165, 1.54) is 0 Å². The molecule has 160 valence electrons. The van der Waals surface area contributed by atoms with Gasteiger partial charge in [0, 0.05) is 0 Å². The van der Waals surface area contributed by atoms with Crippen molar-refractivity contribution >= 4 is 5.97 Å². The summed E-state index contributed by atoms with van der Waals surface area (Å²) >= 11 is 0. The Morgan fingerprint density at radius 1 is 1.07 bits per heavy atom. The van der Waals surface area contributed by atoms with Gasteiger partial charge in [-0.05, 0) is 39.2 Å². The molecule has 1 unspecified atom stereocenters. The molecule has 0 spiro atoms. The molecule has 3 aliphatic rings. The molecular weight excluding hydrogens is 376 g/mol. The summed E-state index contributed by atoms with van der Waals surface area (Å²) in [6.45, 7) is 9.70. The minimum atomic E-state index is -0.797. The molecule has 0 bridgehead atoms. The van der Waals surface area contributed by atoms with Gasteiger partial charge in [-0.15, -0.1) is 0 Å². The Morgan fingerprint density at radius 3 is 2.45 bits per heavy atom. The van der Waals surface area contributed by atoms with E-state index in [0.29, 0.717) is 6.61 Å². The summed E-state index contributed by atoms with van der Waals surface area (Å²) in [6.07, 6.45) is -2.35. The third-order valence-electron chi connectivity index (χ3n) is 5.53. The van der Waals surface area contributed by atoms with Crippen LogP contribution in [0.25, 0.3) is 0 Å². The zero-order valence-electron chi connectivity index (χ0n) is 17.6. The van der Waals surface area contributed by atoms with Crippen LogP contribution in [0.3, 0.4) is 0 Å². The maximum Gasteiger partial charge on any atom is 0.306 e. The Balaban J connectivity index is 1.46. The topological polar surface area (TPSA) is 72.5 Å². The number of esters is 1. The predicted octanol–water partition coefficient (Wildman–Crippen LogP) is 3.12. The standard InChI is InChI=1S/C22H30O7/c1-13(14-9-7-6-8-10-14)11-16(23)25-18-17(15-12-24-21(2,3)27-15)26-20-19(18)28-22(4,5)29-20/h6-10,13,15,17-20H,11-12H2,1-5H3/t13-,15?,17-,18+,19-,20-/m1/s1. The molecule has 0 radical (unpaired) electrons. The second kappa shape index (κ2) is 7.63. The lowest BCUT2D eigenvalue weighted by molar-refractivity contribution is -0.235. The highest BCUT2D eigenvalue weighted by atomic mass is 16.8. The molecule has 3 aliphatic heterocycles. The molecule has 3 saturated heterocycles. The third-order valence-corrected chi connectivity index (χ3v) is 5.53. The number of carbonyl (C=O) groups excluding carboxylic acids is 1. The number of ether oxygens (including phenoxy) is 6. The Labute approximate surface area is 171 Å². The van der Waals surface area contributed by atoms with Crippen LogP contribution in [-0.4, -0.2) is 54.9 Å². The highest BCUT2D eigenvalue weighted by Crippen LogP contribution is 2.42. The van der Waals surface area contributed by atoms with Gasteiger partial charge in [-0.3, -0.25) is 4.79 Å². The van der Waals surface area contributed by atoms with Crippen molar-refractivity contribution in [3.8, 4) is 0 Å². The van der Waals surface area contributed by atoms with Crippen molar-refractivity contribution < 1.29 is 33.2 Å². The highest BCUT2D eigenvalue weighted by molar-refractivity contribution is 5.71. The molecule has 29 heavy (non-hydrogen) atoms. The average molecular weight is 406 g/mol. The van der Waals surface area contributed by atoms with Gasteiger partial charge in [-0.25, -0.2) is 0 Å². The fraction of sp³-hybridized carbons (Fsp3) is 0.682. The predicted molar refractivity (Wildman–Crippen MR) is 103 cm³/mol. The van der Waals surface area contributed by atoms with Crippen molar-refractivity contribution in [2.45, 2.75) is 89.2 Å². The van der Waals surface area contributed by atoms with E-state index < -0.39 is 36.2 Å². The first-order valence-corrected chi connectivity index (χ1v) is 10.2. The molecule has 7 heteroatoms. The van der Waals surface area contributed by atoms with Gasteiger partial charge >= 0.3 is 5.97 Å². The van der Waals surface area contributed by atoms with E-state index in [1.54, 1.807) is 0 Å². The summed E-state index contributed by atoms with van der Waals surface area (Å²) in [5.41, 5.74) is 1.09. The zero-order chi connectivity index (χ0) is 20.8. The Hall–Kier alpha value is -1.51. The largest absolute Gasteiger partial charge is 0.456 e. The summed E-state index contributed by atoms with van der Waals surface area (Å²) in [5, 5.41) is 0. The van der Waals surface area contributed by atoms with Gasteiger partial charge < -0.3 is 28.4 Å². The van der Waals surface area contributed by atoms with Crippen LogP contribution >= 0.6 is 0 Å². The van der Waals surface area contributed by atoms with Crippen LogP contribution in [0.2, 0.25) is 0 Å². The Morgan fingerprint density at radius 2 is 1.79 bits per heavy atom. The Kier molecular flexibility index (Phi) is 5.46. The lowest BCUT2D eigenvalue weighted by Gasteiger charge is -2.29. The number of rotatable bonds is 5. The maximum absolute atomic E-state index is 12.8. The lowest BCUT2D eigenvalue weighted by Crippen LogP contribution is -2.45. The van der Waals surface area contributed by atoms with Crippen LogP contribution in [0, 0.1) is 0 Å². The van der Waals surface area contributed by atoms with E-state index in [9.17, 15) is 4.79 Å². The summed E-state index contributed by atoms with van der Waals surface area (Å²) in [5.74, 6) is -1.76. The quantitative estimate of drug-likeness (QED) is 0.696. The van der Waals surface area contributed by atoms with Gasteiger partial charge in [0.25, 0.3) is 0 Å². The number of hydrogen-bond donors (Lipinski definition) is 0. The molecule has 4 rings (SSSR count). The first-order chi connectivity index (χ1) is 13.6. The van der Waals surface area contributed by atoms with Crippen LogP contribution in [0.15, 0.2) is 30.3 Å². The van der Waals surface area contributed by atoms with Gasteiger partial charge in [-0.2, -0.15) is 0 Å². The third kappa shape index (κ3) is 4.49. The molecule has 0 amide bonds. The van der Waals surface area contributed by atoms with E-state index in [2.05, 4.69) is 0 Å². The smallest absolute Gasteiger partial charge is 0.306 e. The highest BCUT2D eigenvalue weighted by Gasteiger charge is 2.60. The first-order valence-electron chi connectivity index (χ1n) is 10.2. The van der Waals surface area contributed by atoms with Gasteiger partial charge in [0.1, 0.15) is 12.2 Å². The molecule has 0 aromatic heterocycles. The molecule has 0 aliphatic carbocycles. The van der Waals surface area contributed by atoms with Crippen molar-refractivity contribution in [3.05, 3.63) is 35.9 Å². The van der Waals surface area contributed by atoms with E-state index in [-0.39, 0.29) is 24.4 Å². The van der Waals surface area contributed by atoms with Gasteiger partial charge in [0.05, 0.1) is 13.0 Å². The summed E-state index contributed by atoms with van der Waals surface area (Å²) in [6, 6.07) is 9.91. The van der Waals surface area contributed by atoms with Gasteiger partial charge in [0.15, 0.2) is 30.1 Å². The van der Waals surface area contributed by atoms with Crippen molar-refractivity contribution in [1.29, 1.82) is 0 Å². The average Bonchev–Trinajstić information content (AvgIpc) is 3.26. The van der Waals surface area contributed by atoms with E-state index in [4.69, 9.17) is 28.4 Å². The summed E-state index contributed by atoms with van der Waals surface area (Å²) in [7, 11) is 0. The van der Waals surface area contributed by atoms with Crippen molar-refractivity contribution in [1.82, 2.24) is 0 Å². The minimum absolute atomic E-state index is 0.0439. The van der Waals surface area contributed by atoms with E-state index >= 15 is 0 Å². The van der Waals surface area contributed by atoms with Gasteiger partial charge in [0.2, 0.25) is 0 Å². The lowest BCUT2D eigenvalue weighted by atomic mass is 9.98. The Bertz CT molecular complexity index is 732. The fourth-order valence-corrected chi connectivity index (χ4v) is 4.16. The van der Waals surface area contributed by atoms with E-state index in [1.807, 2.05) is 65.0 Å². The number of hydrogen-bond acceptors (Lipinski definition) is 7. The van der Waals surface area contributed by atoms with Crippen molar-refractivity contribution in [2.75, 3.05) is 6.61 Å². The molecule has 6 atom stereocenters. The number of carbonyl (C=O) groups is 1. The molecule has 0 N–H and O–H groups in total. The second-order valence-corrected chi connectivity index (χ2v) is 8.91.